The van der Waals surface area contributed by atoms with Crippen molar-refractivity contribution in [1.82, 2.24) is 15.0 Å². The fraction of sp³-hybridized carbons (Fsp3) is 0.143. The van der Waals surface area contributed by atoms with Gasteiger partial charge in [0.05, 0.1) is 11.4 Å². The maximum atomic E-state index is 11.8. The highest BCUT2D eigenvalue weighted by molar-refractivity contribution is 7.92. The molecule has 7 heteroatoms. The van der Waals surface area contributed by atoms with E-state index in [1.165, 1.54) is 0 Å². The molecule has 0 spiro atoms. The number of hydrogen-bond acceptors (Lipinski definition) is 5. The molecule has 0 unspecified atom stereocenters. The zero-order valence-corrected chi connectivity index (χ0v) is 16.7. The lowest BCUT2D eigenvalue weighted by molar-refractivity contribution is 0.684. The maximum absolute atomic E-state index is 11.8. The van der Waals surface area contributed by atoms with Gasteiger partial charge in [-0.1, -0.05) is 18.2 Å². The first-order valence-electron chi connectivity index (χ1n) is 8.83. The quantitative estimate of drug-likeness (QED) is 0.511. The van der Waals surface area contributed by atoms with Crippen LogP contribution in [-0.2, 0) is 9.73 Å². The molecule has 0 saturated heterocycles. The number of aromatic nitrogens is 3. The predicted octanol–water partition coefficient (Wildman–Crippen LogP) is 5.04. The summed E-state index contributed by atoms with van der Waals surface area (Å²) in [5.74, 6) is 0.519. The van der Waals surface area contributed by atoms with E-state index in [4.69, 9.17) is 4.98 Å². The number of benzene rings is 2. The normalized spacial score (nSPS) is 11.5. The molecule has 28 heavy (non-hydrogen) atoms. The van der Waals surface area contributed by atoms with Gasteiger partial charge >= 0.3 is 0 Å². The standard InChI is InChI=1S/C21H21N5OS/c1-14-12-23-21(24-15-8-10-16(11-9-15)26-28(2,3)27)25-20(14)18-13-22-19-7-5-4-6-17(18)19/h4-13,22H,1-3H3,(H,23,24,25). The first-order chi connectivity index (χ1) is 13.4. The van der Waals surface area contributed by atoms with Crippen molar-refractivity contribution in [3.63, 3.8) is 0 Å². The number of aryl methyl sites for hydroxylation is 1. The van der Waals surface area contributed by atoms with E-state index in [2.05, 4.69) is 25.7 Å². The van der Waals surface area contributed by atoms with Crippen LogP contribution in [0.3, 0.4) is 0 Å². The maximum Gasteiger partial charge on any atom is 0.227 e. The van der Waals surface area contributed by atoms with Crippen molar-refractivity contribution in [3.05, 3.63) is 66.5 Å². The minimum atomic E-state index is -2.18. The van der Waals surface area contributed by atoms with Crippen LogP contribution in [-0.4, -0.2) is 31.7 Å². The largest absolute Gasteiger partial charge is 0.360 e. The Morgan fingerprint density at radius 2 is 1.82 bits per heavy atom. The summed E-state index contributed by atoms with van der Waals surface area (Å²) in [6, 6.07) is 15.6. The topological polar surface area (TPSA) is 83.0 Å². The van der Waals surface area contributed by atoms with Crippen molar-refractivity contribution in [2.75, 3.05) is 17.8 Å². The molecule has 4 aromatic rings. The number of fused-ring (bicyclic) bond motifs is 1. The summed E-state index contributed by atoms with van der Waals surface area (Å²) in [6.07, 6.45) is 7.03. The molecule has 0 atom stereocenters. The van der Waals surface area contributed by atoms with Gasteiger partial charge in [-0.05, 0) is 42.8 Å². The van der Waals surface area contributed by atoms with Gasteiger partial charge in [0.2, 0.25) is 5.95 Å². The van der Waals surface area contributed by atoms with Crippen LogP contribution >= 0.6 is 0 Å². The van der Waals surface area contributed by atoms with Gasteiger partial charge in [-0.15, -0.1) is 0 Å². The third-order valence-corrected chi connectivity index (χ3v) is 4.92. The van der Waals surface area contributed by atoms with Crippen molar-refractivity contribution in [1.29, 1.82) is 0 Å². The molecule has 0 aliphatic rings. The molecular formula is C21H21N5OS. The molecule has 0 amide bonds. The van der Waals surface area contributed by atoms with Crippen LogP contribution in [0.4, 0.5) is 17.3 Å². The Balaban J connectivity index is 1.65. The summed E-state index contributed by atoms with van der Waals surface area (Å²) in [5.41, 5.74) is 5.54. The van der Waals surface area contributed by atoms with Gasteiger partial charge in [-0.25, -0.2) is 14.2 Å². The highest BCUT2D eigenvalue weighted by Crippen LogP contribution is 2.30. The van der Waals surface area contributed by atoms with E-state index in [1.807, 2.05) is 61.8 Å². The molecule has 2 aromatic carbocycles. The lowest BCUT2D eigenvalue weighted by Gasteiger charge is -2.09. The Morgan fingerprint density at radius 1 is 1.07 bits per heavy atom. The molecule has 0 radical (unpaired) electrons. The fourth-order valence-electron chi connectivity index (χ4n) is 3.03. The lowest BCUT2D eigenvalue weighted by atomic mass is 10.1. The smallest absolute Gasteiger partial charge is 0.227 e. The van der Waals surface area contributed by atoms with Gasteiger partial charge in [-0.2, -0.15) is 4.36 Å². The van der Waals surface area contributed by atoms with E-state index in [-0.39, 0.29) is 0 Å². The molecule has 2 heterocycles. The second-order valence-electron chi connectivity index (χ2n) is 6.92. The van der Waals surface area contributed by atoms with E-state index in [1.54, 1.807) is 12.5 Å². The van der Waals surface area contributed by atoms with Crippen molar-refractivity contribution in [3.8, 4) is 11.3 Å². The lowest BCUT2D eigenvalue weighted by Crippen LogP contribution is -1.99. The summed E-state index contributed by atoms with van der Waals surface area (Å²) < 4.78 is 16.0. The first kappa shape index (κ1) is 18.2. The zero-order chi connectivity index (χ0) is 19.7. The SMILES string of the molecule is Cc1cnc(Nc2ccc(N=S(C)(C)=O)cc2)nc1-c1c[nH]c2ccccc12. The van der Waals surface area contributed by atoms with Gasteiger partial charge in [0, 0.05) is 56.8 Å². The number of nitrogens with one attached hydrogen (secondary N) is 2. The minimum absolute atomic E-state index is 0.519. The van der Waals surface area contributed by atoms with E-state index in [0.29, 0.717) is 11.6 Å². The van der Waals surface area contributed by atoms with Gasteiger partial charge in [0.25, 0.3) is 0 Å². The molecule has 0 aliphatic heterocycles. The Labute approximate surface area is 164 Å². The first-order valence-corrected chi connectivity index (χ1v) is 11.2. The minimum Gasteiger partial charge on any atom is -0.360 e. The molecule has 2 aromatic heterocycles. The Morgan fingerprint density at radius 3 is 2.57 bits per heavy atom. The third kappa shape index (κ3) is 3.89. The number of rotatable bonds is 4. The van der Waals surface area contributed by atoms with Crippen LogP contribution in [0.15, 0.2) is 65.3 Å². The Kier molecular flexibility index (Phi) is 4.60. The predicted molar refractivity (Wildman–Crippen MR) is 116 cm³/mol. The van der Waals surface area contributed by atoms with Crippen LogP contribution in [0.5, 0.6) is 0 Å². The molecular weight excluding hydrogens is 370 g/mol. The van der Waals surface area contributed by atoms with Crippen LogP contribution in [0, 0.1) is 6.92 Å². The highest BCUT2D eigenvalue weighted by atomic mass is 32.2. The van der Waals surface area contributed by atoms with Crippen LogP contribution in [0.1, 0.15) is 5.56 Å². The second kappa shape index (κ2) is 7.09. The third-order valence-electron chi connectivity index (χ3n) is 4.26. The van der Waals surface area contributed by atoms with Crippen LogP contribution in [0.25, 0.3) is 22.2 Å². The molecule has 0 aliphatic carbocycles. The average molecular weight is 392 g/mol. The van der Waals surface area contributed by atoms with Crippen LogP contribution in [0.2, 0.25) is 0 Å². The van der Waals surface area contributed by atoms with E-state index in [0.717, 1.165) is 33.4 Å². The molecule has 0 saturated carbocycles. The Hall–Kier alpha value is -3.19. The molecule has 0 bridgehead atoms. The molecule has 0 fully saturated rings. The summed E-state index contributed by atoms with van der Waals surface area (Å²) in [4.78, 5) is 12.4. The van der Waals surface area contributed by atoms with Crippen molar-refractivity contribution >= 4 is 38.0 Å². The van der Waals surface area contributed by atoms with Crippen molar-refractivity contribution < 1.29 is 4.21 Å². The average Bonchev–Trinajstić information content (AvgIpc) is 3.08. The fourth-order valence-corrected chi connectivity index (χ4v) is 3.66. The number of hydrogen-bond donors (Lipinski definition) is 2. The summed E-state index contributed by atoms with van der Waals surface area (Å²) in [6.45, 7) is 2.00. The molecule has 2 N–H and O–H groups in total. The molecule has 6 nitrogen and oxygen atoms in total. The number of H-pyrrole nitrogens is 1. The monoisotopic (exact) mass is 391 g/mol. The second-order valence-corrected chi connectivity index (χ2v) is 9.46. The van der Waals surface area contributed by atoms with E-state index >= 15 is 0 Å². The van der Waals surface area contributed by atoms with E-state index < -0.39 is 9.73 Å². The summed E-state index contributed by atoms with van der Waals surface area (Å²) in [7, 11) is -2.18. The summed E-state index contributed by atoms with van der Waals surface area (Å²) >= 11 is 0. The Bertz CT molecular complexity index is 1260. The van der Waals surface area contributed by atoms with Gasteiger partial charge < -0.3 is 10.3 Å². The zero-order valence-electron chi connectivity index (χ0n) is 15.9. The van der Waals surface area contributed by atoms with Crippen molar-refractivity contribution in [2.45, 2.75) is 6.92 Å². The molecule has 4 rings (SSSR count). The van der Waals surface area contributed by atoms with Crippen LogP contribution < -0.4 is 5.32 Å². The number of nitrogens with zero attached hydrogens (tertiary/aromatic N) is 3. The highest BCUT2D eigenvalue weighted by Gasteiger charge is 2.11. The van der Waals surface area contributed by atoms with Crippen molar-refractivity contribution in [2.24, 2.45) is 4.36 Å². The summed E-state index contributed by atoms with van der Waals surface area (Å²) in [5, 5.41) is 4.35. The number of anilines is 2. The van der Waals surface area contributed by atoms with E-state index in [9.17, 15) is 4.21 Å². The number of aromatic amines is 1. The molecule has 142 valence electrons. The number of para-hydroxylation sites is 1. The van der Waals surface area contributed by atoms with Gasteiger partial charge in [-0.3, -0.25) is 0 Å². The van der Waals surface area contributed by atoms with Gasteiger partial charge in [0.1, 0.15) is 0 Å². The van der Waals surface area contributed by atoms with Gasteiger partial charge in [0.15, 0.2) is 0 Å².